The number of rotatable bonds is 8. The van der Waals surface area contributed by atoms with Crippen molar-refractivity contribution in [2.75, 3.05) is 13.7 Å². The summed E-state index contributed by atoms with van der Waals surface area (Å²) in [5.41, 5.74) is -1.53. The van der Waals surface area contributed by atoms with Gasteiger partial charge in [-0.25, -0.2) is 0 Å². The lowest BCUT2D eigenvalue weighted by Gasteiger charge is -2.40. The average molecular weight is 466 g/mol. The first kappa shape index (κ1) is 25.9. The van der Waals surface area contributed by atoms with E-state index in [-0.39, 0.29) is 41.8 Å². The Morgan fingerprint density at radius 2 is 1.85 bits per heavy atom. The molecule has 0 aromatic carbocycles. The van der Waals surface area contributed by atoms with E-state index < -0.39 is 35.1 Å². The molecule has 0 saturated carbocycles. The van der Waals surface area contributed by atoms with E-state index in [0.29, 0.717) is 19.3 Å². The Bertz CT molecular complexity index is 789. The van der Waals surface area contributed by atoms with Crippen molar-refractivity contribution in [2.24, 2.45) is 23.2 Å². The van der Waals surface area contributed by atoms with Crippen LogP contribution in [0.15, 0.2) is 0 Å². The molecule has 3 saturated heterocycles. The number of carbonyl (C=O) groups is 3. The SMILES string of the molecule is CNC(=O)[C@@H]1[C@H]2C(=O)N([C@@H](CO)CC(C)C)C(C(=O)NC(C)(C)CC(C)(C)C)C23CC[C@H]1O3. The molecule has 1 spiro atoms. The summed E-state index contributed by atoms with van der Waals surface area (Å²) in [6, 6.07) is -1.38. The summed E-state index contributed by atoms with van der Waals surface area (Å²) in [5, 5.41) is 16.1. The maximum atomic E-state index is 13.9. The number of aliphatic hydroxyl groups is 1. The molecule has 0 aromatic rings. The number of nitrogens with one attached hydrogen (secondary N) is 2. The molecule has 3 fully saturated rings. The highest BCUT2D eigenvalue weighted by molar-refractivity contribution is 5.99. The summed E-state index contributed by atoms with van der Waals surface area (Å²) in [6.07, 6.45) is 2.14. The molecule has 3 amide bonds. The molecular weight excluding hydrogens is 422 g/mol. The number of nitrogens with zero attached hydrogens (tertiary/aromatic N) is 1. The topological polar surface area (TPSA) is 108 Å². The molecule has 3 rings (SSSR count). The van der Waals surface area contributed by atoms with E-state index in [0.717, 1.165) is 6.42 Å². The third-order valence-corrected chi connectivity index (χ3v) is 7.32. The Balaban J connectivity index is 2.03. The van der Waals surface area contributed by atoms with Crippen LogP contribution in [0.2, 0.25) is 0 Å². The van der Waals surface area contributed by atoms with E-state index in [9.17, 15) is 19.5 Å². The van der Waals surface area contributed by atoms with Gasteiger partial charge in [0.15, 0.2) is 0 Å². The summed E-state index contributed by atoms with van der Waals surface area (Å²) < 4.78 is 6.40. The fraction of sp³-hybridized carbons (Fsp3) is 0.880. The van der Waals surface area contributed by atoms with E-state index in [1.807, 2.05) is 27.7 Å². The van der Waals surface area contributed by atoms with Crippen molar-refractivity contribution < 1.29 is 24.2 Å². The van der Waals surface area contributed by atoms with Gasteiger partial charge < -0.3 is 25.4 Å². The molecular formula is C25H43N3O5. The van der Waals surface area contributed by atoms with E-state index in [2.05, 4.69) is 31.4 Å². The molecule has 2 bridgehead atoms. The van der Waals surface area contributed by atoms with Crippen molar-refractivity contribution in [2.45, 2.75) is 103 Å². The minimum absolute atomic E-state index is 0.000677. The number of ether oxygens (including phenoxy) is 1. The number of carbonyl (C=O) groups excluding carboxylic acids is 3. The predicted octanol–water partition coefficient (Wildman–Crippen LogP) is 1.85. The van der Waals surface area contributed by atoms with Gasteiger partial charge in [0, 0.05) is 12.6 Å². The Hall–Kier alpha value is -1.67. The lowest BCUT2D eigenvalue weighted by Crippen LogP contribution is -2.61. The molecule has 188 valence electrons. The molecule has 3 N–H and O–H groups in total. The molecule has 8 heteroatoms. The fourth-order valence-electron chi connectivity index (χ4n) is 6.84. The minimum atomic E-state index is -1.04. The van der Waals surface area contributed by atoms with Gasteiger partial charge in [0.1, 0.15) is 11.6 Å². The second kappa shape index (κ2) is 8.84. The van der Waals surface area contributed by atoms with Gasteiger partial charge in [0.05, 0.1) is 30.6 Å². The van der Waals surface area contributed by atoms with Gasteiger partial charge in [0.25, 0.3) is 0 Å². The van der Waals surface area contributed by atoms with Crippen molar-refractivity contribution >= 4 is 17.7 Å². The molecule has 3 aliphatic rings. The Morgan fingerprint density at radius 3 is 2.36 bits per heavy atom. The second-order valence-electron chi connectivity index (χ2n) is 12.5. The van der Waals surface area contributed by atoms with Crippen LogP contribution in [0.25, 0.3) is 0 Å². The number of fused-ring (bicyclic) bond motifs is 1. The molecule has 0 radical (unpaired) electrons. The molecule has 8 nitrogen and oxygen atoms in total. The molecule has 3 heterocycles. The average Bonchev–Trinajstić information content (AvgIpc) is 3.30. The van der Waals surface area contributed by atoms with E-state index >= 15 is 0 Å². The number of hydrogen-bond acceptors (Lipinski definition) is 5. The van der Waals surface area contributed by atoms with Crippen molar-refractivity contribution in [3.05, 3.63) is 0 Å². The van der Waals surface area contributed by atoms with Crippen LogP contribution in [0.4, 0.5) is 0 Å². The molecule has 0 aromatic heterocycles. The number of aliphatic hydroxyl groups excluding tert-OH is 1. The van der Waals surface area contributed by atoms with E-state index in [1.54, 1.807) is 11.9 Å². The highest BCUT2D eigenvalue weighted by Gasteiger charge is 2.75. The number of hydrogen-bond donors (Lipinski definition) is 3. The third kappa shape index (κ3) is 4.65. The van der Waals surface area contributed by atoms with Gasteiger partial charge in [-0.2, -0.15) is 0 Å². The summed E-state index contributed by atoms with van der Waals surface area (Å²) in [4.78, 5) is 42.1. The predicted molar refractivity (Wildman–Crippen MR) is 125 cm³/mol. The zero-order chi connectivity index (χ0) is 24.9. The standard InChI is InChI=1S/C25H43N3O5/c1-14(2)11-15(12-29)28-19(21(31)27-24(6,7)13-23(3,4)5)25-10-9-16(33-25)17(20(30)26-8)18(25)22(28)32/h14-19,29H,9-13H2,1-8H3,(H,26,30)(H,27,31)/t15-,16-,17+,18+,19?,25?/m1/s1. The molecule has 3 aliphatic heterocycles. The molecule has 0 aliphatic carbocycles. The Kier molecular flexibility index (Phi) is 6.95. The largest absolute Gasteiger partial charge is 0.394 e. The van der Waals surface area contributed by atoms with Crippen molar-refractivity contribution in [1.29, 1.82) is 0 Å². The van der Waals surface area contributed by atoms with E-state index in [4.69, 9.17) is 4.74 Å². The lowest BCUT2D eigenvalue weighted by atomic mass is 9.70. The first-order valence-corrected chi connectivity index (χ1v) is 12.3. The van der Waals surface area contributed by atoms with E-state index in [1.165, 1.54) is 0 Å². The van der Waals surface area contributed by atoms with Crippen LogP contribution < -0.4 is 10.6 Å². The van der Waals surface area contributed by atoms with Crippen molar-refractivity contribution in [3.63, 3.8) is 0 Å². The van der Waals surface area contributed by atoms with Crippen molar-refractivity contribution in [3.8, 4) is 0 Å². The first-order valence-electron chi connectivity index (χ1n) is 12.3. The highest BCUT2D eigenvalue weighted by atomic mass is 16.5. The Labute approximate surface area is 198 Å². The maximum Gasteiger partial charge on any atom is 0.246 e. The lowest BCUT2D eigenvalue weighted by molar-refractivity contribution is -0.146. The third-order valence-electron chi connectivity index (χ3n) is 7.32. The normalized spacial score (nSPS) is 32.3. The maximum absolute atomic E-state index is 13.9. The summed E-state index contributed by atoms with van der Waals surface area (Å²) >= 11 is 0. The van der Waals surface area contributed by atoms with Crippen LogP contribution in [0.5, 0.6) is 0 Å². The summed E-state index contributed by atoms with van der Waals surface area (Å²) in [5.74, 6) is -1.84. The fourth-order valence-corrected chi connectivity index (χ4v) is 6.84. The van der Waals surface area contributed by atoms with Gasteiger partial charge in [-0.15, -0.1) is 0 Å². The quantitative estimate of drug-likeness (QED) is 0.507. The minimum Gasteiger partial charge on any atom is -0.394 e. The van der Waals surface area contributed by atoms with Crippen LogP contribution in [0.3, 0.4) is 0 Å². The highest BCUT2D eigenvalue weighted by Crippen LogP contribution is 2.59. The van der Waals surface area contributed by atoms with Gasteiger partial charge in [-0.3, -0.25) is 14.4 Å². The number of amides is 3. The summed E-state index contributed by atoms with van der Waals surface area (Å²) in [7, 11) is 1.56. The zero-order valence-corrected chi connectivity index (χ0v) is 21.5. The van der Waals surface area contributed by atoms with Crippen LogP contribution >= 0.6 is 0 Å². The molecule has 2 unspecified atom stereocenters. The molecule has 33 heavy (non-hydrogen) atoms. The Morgan fingerprint density at radius 1 is 1.21 bits per heavy atom. The van der Waals surface area contributed by atoms with Crippen LogP contribution in [-0.4, -0.2) is 70.7 Å². The smallest absolute Gasteiger partial charge is 0.246 e. The van der Waals surface area contributed by atoms with Crippen LogP contribution in [-0.2, 0) is 19.1 Å². The second-order valence-corrected chi connectivity index (χ2v) is 12.5. The zero-order valence-electron chi connectivity index (χ0n) is 21.5. The van der Waals surface area contributed by atoms with Gasteiger partial charge in [-0.1, -0.05) is 34.6 Å². The summed E-state index contributed by atoms with van der Waals surface area (Å²) in [6.45, 7) is 14.2. The van der Waals surface area contributed by atoms with Crippen molar-refractivity contribution in [1.82, 2.24) is 15.5 Å². The monoisotopic (exact) mass is 465 g/mol. The first-order chi connectivity index (χ1) is 15.2. The number of likely N-dealkylation sites (tertiary alicyclic amines) is 1. The van der Waals surface area contributed by atoms with Gasteiger partial charge in [0.2, 0.25) is 17.7 Å². The van der Waals surface area contributed by atoms with Gasteiger partial charge in [-0.05, 0) is 50.9 Å². The molecule has 6 atom stereocenters. The van der Waals surface area contributed by atoms with Crippen LogP contribution in [0.1, 0.15) is 74.1 Å². The van der Waals surface area contributed by atoms with Crippen LogP contribution in [0, 0.1) is 23.2 Å². The van der Waals surface area contributed by atoms with Gasteiger partial charge >= 0.3 is 0 Å².